The first kappa shape index (κ1) is 15.2. The van der Waals surface area contributed by atoms with Crippen LogP contribution in [0.1, 0.15) is 20.8 Å². The van der Waals surface area contributed by atoms with Gasteiger partial charge in [-0.15, -0.1) is 0 Å². The van der Waals surface area contributed by atoms with Crippen LogP contribution in [-0.4, -0.2) is 16.9 Å². The van der Waals surface area contributed by atoms with E-state index in [0.717, 1.165) is 0 Å². The van der Waals surface area contributed by atoms with E-state index >= 15 is 0 Å². The lowest BCUT2D eigenvalue weighted by Gasteiger charge is -2.34. The molecule has 80 valence electrons. The molecule has 0 aliphatic rings. The third-order valence-corrected chi connectivity index (χ3v) is 14.5. The molecule has 0 amide bonds. The maximum Gasteiger partial charge on any atom is 0.0314 e. The van der Waals surface area contributed by atoms with Gasteiger partial charge in [-0.1, -0.05) is 11.7 Å². The van der Waals surface area contributed by atoms with Crippen LogP contribution in [0.25, 0.3) is 0 Å². The molecule has 0 rings (SSSR count). The van der Waals surface area contributed by atoms with Gasteiger partial charge in [-0.3, -0.25) is 0 Å². The molecule has 0 aliphatic carbocycles. The van der Waals surface area contributed by atoms with Gasteiger partial charge in [0.15, 0.2) is 0 Å². The van der Waals surface area contributed by atoms with Gasteiger partial charge in [0.25, 0.3) is 0 Å². The van der Waals surface area contributed by atoms with Crippen LogP contribution in [0.2, 0.25) is 0 Å². The molecule has 0 aromatic rings. The third kappa shape index (κ3) is 5.70. The van der Waals surface area contributed by atoms with E-state index in [1.165, 1.54) is 9.83 Å². The molecule has 0 saturated heterocycles. The number of hydrogen-bond acceptors (Lipinski definition) is 6. The number of thiol groups is 1. The predicted octanol–water partition coefficient (Wildman–Crippen LogP) is 3.50. The first-order valence-electron chi connectivity index (χ1n) is 3.37. The van der Waals surface area contributed by atoms with Crippen molar-refractivity contribution in [1.82, 2.24) is 4.31 Å². The predicted molar refractivity (Wildman–Crippen MR) is 81.4 cm³/mol. The zero-order chi connectivity index (χ0) is 10.7. The Balaban J connectivity index is 4.47. The molecule has 0 saturated carbocycles. The summed E-state index contributed by atoms with van der Waals surface area (Å²) in [5, 5.41) is 0. The molecule has 0 N–H and O–H groups in total. The number of hydrogen-bond donors (Lipinski definition) is 1. The molecule has 13 heavy (non-hydrogen) atoms. The standard InChI is InChI=1S/C5H13NS7/c1-5(2,3)6(4)13(8,9)12-11-10-7/h7H,1-4H3. The van der Waals surface area contributed by atoms with Crippen molar-refractivity contribution >= 4 is 69.9 Å². The summed E-state index contributed by atoms with van der Waals surface area (Å²) in [6.45, 7) is 6.35. The monoisotopic (exact) mass is 311 g/mol. The van der Waals surface area contributed by atoms with Crippen molar-refractivity contribution in [2.24, 2.45) is 0 Å². The fourth-order valence-corrected chi connectivity index (χ4v) is 13.8. The lowest BCUT2D eigenvalue weighted by Crippen LogP contribution is -2.39. The Morgan fingerprint density at radius 1 is 1.31 bits per heavy atom. The normalized spacial score (nSPS) is 13.7. The Morgan fingerprint density at radius 3 is 2.08 bits per heavy atom. The molecule has 0 spiro atoms. The Kier molecular flexibility index (Phi) is 7.02. The van der Waals surface area contributed by atoms with E-state index < -0.39 is 6.36 Å². The van der Waals surface area contributed by atoms with Gasteiger partial charge >= 0.3 is 0 Å². The van der Waals surface area contributed by atoms with Gasteiger partial charge in [0, 0.05) is 21.7 Å². The van der Waals surface area contributed by atoms with Crippen LogP contribution in [0.15, 0.2) is 0 Å². The molecular weight excluding hydrogens is 299 g/mol. The highest BCUT2D eigenvalue weighted by Crippen LogP contribution is 2.43. The average Bonchev–Trinajstić information content (AvgIpc) is 1.98. The first-order chi connectivity index (χ1) is 5.72. The quantitative estimate of drug-likeness (QED) is 0.621. The highest BCUT2D eigenvalue weighted by molar-refractivity contribution is 9.37. The van der Waals surface area contributed by atoms with Crippen LogP contribution in [0.4, 0.5) is 0 Å². The smallest absolute Gasteiger partial charge is 0.0314 e. The molecule has 0 aliphatic heterocycles. The van der Waals surface area contributed by atoms with Gasteiger partial charge in [-0.2, -0.15) is 0 Å². The van der Waals surface area contributed by atoms with Crippen LogP contribution in [0.5, 0.6) is 0 Å². The Labute approximate surface area is 106 Å². The molecule has 0 bridgehead atoms. The maximum absolute atomic E-state index is 5.40. The van der Waals surface area contributed by atoms with Crippen molar-refractivity contribution in [2.75, 3.05) is 7.05 Å². The second-order valence-electron chi connectivity index (χ2n) is 3.31. The first-order valence-corrected chi connectivity index (χ1v) is 11.9. The minimum atomic E-state index is -1.57. The van der Waals surface area contributed by atoms with Crippen LogP contribution in [-0.2, 0) is 28.7 Å². The summed E-state index contributed by atoms with van der Waals surface area (Å²) in [5.74, 6) is 0. The molecule has 0 fully saturated rings. The highest BCUT2D eigenvalue weighted by atomic mass is 33.9. The van der Waals surface area contributed by atoms with Crippen molar-refractivity contribution in [3.63, 3.8) is 0 Å². The molecule has 0 atom stereocenters. The van der Waals surface area contributed by atoms with Crippen molar-refractivity contribution in [3.05, 3.63) is 0 Å². The molecule has 0 heterocycles. The lowest BCUT2D eigenvalue weighted by atomic mass is 10.1. The summed E-state index contributed by atoms with van der Waals surface area (Å²) in [6, 6.07) is 0. The topological polar surface area (TPSA) is 3.24 Å². The highest BCUT2D eigenvalue weighted by Gasteiger charge is 2.23. The van der Waals surface area contributed by atoms with Gasteiger partial charge in [0.1, 0.15) is 0 Å². The lowest BCUT2D eigenvalue weighted by molar-refractivity contribution is 0.320. The Hall–Kier alpha value is 2.15. The zero-order valence-corrected chi connectivity index (χ0v) is 13.6. The molecule has 0 unspecified atom stereocenters. The molecule has 1 nitrogen and oxygen atoms in total. The maximum atomic E-state index is 5.40. The molecule has 0 aromatic carbocycles. The minimum Gasteiger partial charge on any atom is -0.234 e. The van der Waals surface area contributed by atoms with Crippen LogP contribution >= 0.6 is 41.1 Å². The van der Waals surface area contributed by atoms with Crippen LogP contribution in [0, 0.1) is 0 Å². The fourth-order valence-electron chi connectivity index (χ4n) is 0.429. The van der Waals surface area contributed by atoms with E-state index in [9.17, 15) is 0 Å². The fraction of sp³-hybridized carbons (Fsp3) is 1.00. The summed E-state index contributed by atoms with van der Waals surface area (Å²) in [5.41, 5.74) is 0.0354. The van der Waals surface area contributed by atoms with Crippen molar-refractivity contribution in [2.45, 2.75) is 26.3 Å². The third-order valence-electron chi connectivity index (χ3n) is 1.42. The van der Waals surface area contributed by atoms with Gasteiger partial charge < -0.3 is 0 Å². The molecular formula is C5H13NS7. The Morgan fingerprint density at radius 2 is 1.77 bits per heavy atom. The van der Waals surface area contributed by atoms with Gasteiger partial charge in [0.05, 0.1) is 0 Å². The molecule has 8 heteroatoms. The summed E-state index contributed by atoms with van der Waals surface area (Å²) >= 11 is 14.8. The number of nitrogens with zero attached hydrogens (tertiary/aromatic N) is 1. The van der Waals surface area contributed by atoms with E-state index in [1.54, 1.807) is 19.7 Å². The van der Waals surface area contributed by atoms with Crippen molar-refractivity contribution in [3.8, 4) is 0 Å². The SMILES string of the molecule is CN(C(C)(C)C)S(=S)(=S)SSSS. The van der Waals surface area contributed by atoms with Crippen molar-refractivity contribution < 1.29 is 0 Å². The van der Waals surface area contributed by atoms with E-state index in [0.29, 0.717) is 0 Å². The zero-order valence-electron chi connectivity index (χ0n) is 7.84. The van der Waals surface area contributed by atoms with Crippen molar-refractivity contribution in [1.29, 1.82) is 0 Å². The van der Waals surface area contributed by atoms with E-state index in [2.05, 4.69) is 36.7 Å². The summed E-state index contributed by atoms with van der Waals surface area (Å²) in [7, 11) is 6.48. The summed E-state index contributed by atoms with van der Waals surface area (Å²) in [6.07, 6.45) is -1.57. The summed E-state index contributed by atoms with van der Waals surface area (Å²) in [4.78, 5) is 0. The second kappa shape index (κ2) is 6.03. The second-order valence-corrected chi connectivity index (χ2v) is 16.4. The number of rotatable bonds is 4. The largest absolute Gasteiger partial charge is 0.234 e. The summed E-state index contributed by atoms with van der Waals surface area (Å²) < 4.78 is 2.09. The molecule has 0 radical (unpaired) electrons. The van der Waals surface area contributed by atoms with Gasteiger partial charge in [0.2, 0.25) is 0 Å². The van der Waals surface area contributed by atoms with E-state index in [-0.39, 0.29) is 5.54 Å². The minimum absolute atomic E-state index is 0.0354. The Bertz CT molecular complexity index is 238. The molecule has 0 aromatic heterocycles. The van der Waals surface area contributed by atoms with Gasteiger partial charge in [-0.05, 0) is 69.8 Å². The average molecular weight is 312 g/mol. The van der Waals surface area contributed by atoms with E-state index in [4.69, 9.17) is 22.4 Å². The van der Waals surface area contributed by atoms with Crippen LogP contribution < -0.4 is 0 Å². The van der Waals surface area contributed by atoms with Gasteiger partial charge in [-0.25, -0.2) is 4.31 Å². The van der Waals surface area contributed by atoms with Crippen LogP contribution in [0.3, 0.4) is 0 Å². The van der Waals surface area contributed by atoms with E-state index in [1.807, 2.05) is 7.05 Å².